The normalized spacial score (nSPS) is 22.8. The minimum atomic E-state index is 0.563. The van der Waals surface area contributed by atoms with Gasteiger partial charge in [-0.05, 0) is 37.7 Å². The second-order valence-electron chi connectivity index (χ2n) is 5.08. The molecule has 2 atom stereocenters. The van der Waals surface area contributed by atoms with E-state index in [1.165, 1.54) is 19.3 Å². The molecule has 5 heteroatoms. The van der Waals surface area contributed by atoms with Crippen LogP contribution >= 0.6 is 11.8 Å². The Kier molecular flexibility index (Phi) is 6.18. The molecule has 2 unspecified atom stereocenters. The van der Waals surface area contributed by atoms with E-state index in [0.29, 0.717) is 6.04 Å². The third-order valence-corrected chi connectivity index (χ3v) is 4.78. The SMILES string of the molecule is CN=C(NCCc1ccccn1)NC1CCC(SC)C1. The summed E-state index contributed by atoms with van der Waals surface area (Å²) in [6, 6.07) is 6.59. The fourth-order valence-corrected chi connectivity index (χ4v) is 3.32. The first-order valence-corrected chi connectivity index (χ1v) is 8.50. The molecule has 0 aromatic carbocycles. The number of thioether (sulfide) groups is 1. The predicted octanol–water partition coefficient (Wildman–Crippen LogP) is 2.07. The van der Waals surface area contributed by atoms with Crippen molar-refractivity contribution >= 4 is 17.7 Å². The van der Waals surface area contributed by atoms with Gasteiger partial charge in [0.05, 0.1) is 0 Å². The summed E-state index contributed by atoms with van der Waals surface area (Å²) < 4.78 is 0. The molecule has 1 aliphatic rings. The van der Waals surface area contributed by atoms with Gasteiger partial charge in [0.15, 0.2) is 5.96 Å². The molecule has 1 fully saturated rings. The average Bonchev–Trinajstić information content (AvgIpc) is 2.95. The smallest absolute Gasteiger partial charge is 0.191 e. The van der Waals surface area contributed by atoms with Crippen LogP contribution in [0.25, 0.3) is 0 Å². The van der Waals surface area contributed by atoms with E-state index in [0.717, 1.165) is 29.9 Å². The van der Waals surface area contributed by atoms with Crippen molar-refractivity contribution in [2.45, 2.75) is 37.0 Å². The Morgan fingerprint density at radius 2 is 2.35 bits per heavy atom. The average molecular weight is 292 g/mol. The lowest BCUT2D eigenvalue weighted by molar-refractivity contribution is 0.614. The largest absolute Gasteiger partial charge is 0.356 e. The van der Waals surface area contributed by atoms with E-state index < -0.39 is 0 Å². The topological polar surface area (TPSA) is 49.3 Å². The van der Waals surface area contributed by atoms with E-state index in [9.17, 15) is 0 Å². The van der Waals surface area contributed by atoms with Crippen molar-refractivity contribution in [1.29, 1.82) is 0 Å². The highest BCUT2D eigenvalue weighted by Crippen LogP contribution is 2.27. The Hall–Kier alpha value is -1.23. The maximum absolute atomic E-state index is 4.32. The van der Waals surface area contributed by atoms with Crippen LogP contribution in [0.3, 0.4) is 0 Å². The van der Waals surface area contributed by atoms with E-state index in [4.69, 9.17) is 0 Å². The van der Waals surface area contributed by atoms with Gasteiger partial charge >= 0.3 is 0 Å². The minimum absolute atomic E-state index is 0.563. The maximum atomic E-state index is 4.32. The van der Waals surface area contributed by atoms with Crippen molar-refractivity contribution < 1.29 is 0 Å². The molecule has 2 rings (SSSR count). The Bertz CT molecular complexity index is 421. The number of pyridine rings is 1. The van der Waals surface area contributed by atoms with Crippen molar-refractivity contribution in [2.75, 3.05) is 19.8 Å². The Morgan fingerprint density at radius 1 is 1.45 bits per heavy atom. The fourth-order valence-electron chi connectivity index (χ4n) is 2.53. The van der Waals surface area contributed by atoms with Gasteiger partial charge in [0, 0.05) is 43.2 Å². The van der Waals surface area contributed by atoms with Crippen LogP contribution in [-0.2, 0) is 6.42 Å². The first kappa shape index (κ1) is 15.2. The molecule has 2 N–H and O–H groups in total. The number of guanidine groups is 1. The van der Waals surface area contributed by atoms with E-state index in [1.807, 2.05) is 37.1 Å². The molecule has 0 aliphatic heterocycles. The highest BCUT2D eigenvalue weighted by atomic mass is 32.2. The van der Waals surface area contributed by atoms with Gasteiger partial charge in [-0.3, -0.25) is 9.98 Å². The summed E-state index contributed by atoms with van der Waals surface area (Å²) in [6.45, 7) is 0.857. The number of nitrogens with zero attached hydrogens (tertiary/aromatic N) is 2. The van der Waals surface area contributed by atoms with E-state index in [2.05, 4.69) is 32.9 Å². The van der Waals surface area contributed by atoms with Gasteiger partial charge in [-0.15, -0.1) is 0 Å². The first-order valence-electron chi connectivity index (χ1n) is 7.21. The molecule has 0 spiro atoms. The van der Waals surface area contributed by atoms with Crippen LogP contribution in [0.15, 0.2) is 29.4 Å². The molecule has 1 aromatic heterocycles. The highest BCUT2D eigenvalue weighted by molar-refractivity contribution is 7.99. The Balaban J connectivity index is 1.71. The number of aromatic nitrogens is 1. The van der Waals surface area contributed by atoms with E-state index in [-0.39, 0.29) is 0 Å². The monoisotopic (exact) mass is 292 g/mol. The number of nitrogens with one attached hydrogen (secondary N) is 2. The molecule has 0 radical (unpaired) electrons. The summed E-state index contributed by atoms with van der Waals surface area (Å²) >= 11 is 1.98. The van der Waals surface area contributed by atoms with Gasteiger partial charge in [0.25, 0.3) is 0 Å². The maximum Gasteiger partial charge on any atom is 0.191 e. The lowest BCUT2D eigenvalue weighted by atomic mass is 10.2. The molecule has 0 bridgehead atoms. The molecule has 20 heavy (non-hydrogen) atoms. The van der Waals surface area contributed by atoms with Crippen LogP contribution < -0.4 is 10.6 Å². The van der Waals surface area contributed by atoms with Crippen LogP contribution in [0, 0.1) is 0 Å². The zero-order valence-electron chi connectivity index (χ0n) is 12.3. The van der Waals surface area contributed by atoms with Crippen LogP contribution in [0.4, 0.5) is 0 Å². The summed E-state index contributed by atoms with van der Waals surface area (Å²) in [5.41, 5.74) is 1.11. The highest BCUT2D eigenvalue weighted by Gasteiger charge is 2.24. The number of rotatable bonds is 5. The minimum Gasteiger partial charge on any atom is -0.356 e. The van der Waals surface area contributed by atoms with Gasteiger partial charge < -0.3 is 10.6 Å². The van der Waals surface area contributed by atoms with Crippen LogP contribution in [-0.4, -0.2) is 42.1 Å². The third kappa shape index (κ3) is 4.71. The summed E-state index contributed by atoms with van der Waals surface area (Å²) in [6.07, 6.45) is 8.74. The summed E-state index contributed by atoms with van der Waals surface area (Å²) in [5.74, 6) is 0.910. The van der Waals surface area contributed by atoms with Gasteiger partial charge in [-0.2, -0.15) is 11.8 Å². The summed E-state index contributed by atoms with van der Waals surface area (Å²) in [4.78, 5) is 8.62. The van der Waals surface area contributed by atoms with Crippen LogP contribution in [0.5, 0.6) is 0 Å². The van der Waals surface area contributed by atoms with Gasteiger partial charge in [0.1, 0.15) is 0 Å². The lowest BCUT2D eigenvalue weighted by Crippen LogP contribution is -2.43. The molecule has 110 valence electrons. The molecular formula is C15H24N4S. The van der Waals surface area contributed by atoms with E-state index in [1.54, 1.807) is 0 Å². The number of aliphatic imine (C=N–C) groups is 1. The standard InChI is InChI=1S/C15H24N4S/c1-16-15(19-13-6-7-14(11-13)20-2)18-10-8-12-5-3-4-9-17-12/h3-5,9,13-14H,6-8,10-11H2,1-2H3,(H2,16,18,19). The lowest BCUT2D eigenvalue weighted by Gasteiger charge is -2.17. The van der Waals surface area contributed by atoms with Crippen molar-refractivity contribution in [1.82, 2.24) is 15.6 Å². The number of hydrogen-bond donors (Lipinski definition) is 2. The summed E-state index contributed by atoms with van der Waals surface area (Å²) in [5, 5.41) is 7.70. The zero-order valence-corrected chi connectivity index (χ0v) is 13.1. The molecule has 1 heterocycles. The van der Waals surface area contributed by atoms with Crippen molar-refractivity contribution in [2.24, 2.45) is 4.99 Å². The fraction of sp³-hybridized carbons (Fsp3) is 0.600. The van der Waals surface area contributed by atoms with Crippen LogP contribution in [0.1, 0.15) is 25.0 Å². The predicted molar refractivity (Wildman–Crippen MR) is 87.4 cm³/mol. The van der Waals surface area contributed by atoms with Gasteiger partial charge in [-0.25, -0.2) is 0 Å². The second-order valence-corrected chi connectivity index (χ2v) is 6.22. The molecule has 0 saturated heterocycles. The van der Waals surface area contributed by atoms with Crippen molar-refractivity contribution in [3.05, 3.63) is 30.1 Å². The molecule has 4 nitrogen and oxygen atoms in total. The number of hydrogen-bond acceptors (Lipinski definition) is 3. The zero-order chi connectivity index (χ0) is 14.2. The third-order valence-electron chi connectivity index (χ3n) is 3.68. The summed E-state index contributed by atoms with van der Waals surface area (Å²) in [7, 11) is 1.83. The second kappa shape index (κ2) is 8.15. The molecule has 1 aromatic rings. The first-order chi connectivity index (χ1) is 9.81. The molecule has 1 saturated carbocycles. The van der Waals surface area contributed by atoms with Crippen LogP contribution in [0.2, 0.25) is 0 Å². The molecular weight excluding hydrogens is 268 g/mol. The quantitative estimate of drug-likeness (QED) is 0.644. The van der Waals surface area contributed by atoms with E-state index >= 15 is 0 Å². The Morgan fingerprint density at radius 3 is 3.00 bits per heavy atom. The van der Waals surface area contributed by atoms with Gasteiger partial charge in [0.2, 0.25) is 0 Å². The Labute approximate surface area is 125 Å². The van der Waals surface area contributed by atoms with Crippen molar-refractivity contribution in [3.63, 3.8) is 0 Å². The van der Waals surface area contributed by atoms with Crippen molar-refractivity contribution in [3.8, 4) is 0 Å². The molecule has 1 aliphatic carbocycles. The van der Waals surface area contributed by atoms with Gasteiger partial charge in [-0.1, -0.05) is 6.07 Å². The molecule has 0 amide bonds.